The van der Waals surface area contributed by atoms with Gasteiger partial charge < -0.3 is 10.2 Å². The van der Waals surface area contributed by atoms with Crippen LogP contribution < -0.4 is 5.32 Å². The summed E-state index contributed by atoms with van der Waals surface area (Å²) in [5.74, 6) is -0.150. The normalized spacial score (nSPS) is 10.5. The molecular weight excluding hydrogens is 324 g/mol. The quantitative estimate of drug-likeness (QED) is 0.777. The molecule has 0 aliphatic rings. The van der Waals surface area contributed by atoms with E-state index in [9.17, 15) is 9.59 Å². The first-order valence-corrected chi connectivity index (χ1v) is 9.23. The van der Waals surface area contributed by atoms with E-state index in [0.29, 0.717) is 11.1 Å². The topological polar surface area (TPSA) is 49.4 Å². The molecule has 0 aliphatic heterocycles. The van der Waals surface area contributed by atoms with Gasteiger partial charge in [-0.25, -0.2) is 0 Å². The van der Waals surface area contributed by atoms with E-state index in [2.05, 4.69) is 25.2 Å². The standard InChI is InChI=1S/C22H28N2O2/c1-5-11-24(12-6-2)22(26)19-9-7-18(8-10-19)21(25)23-20-14-16(3)13-17(4)15-20/h7-10,13-15H,5-6,11-12H2,1-4H3,(H,23,25). The number of hydrogen-bond acceptors (Lipinski definition) is 2. The molecule has 0 saturated heterocycles. The predicted octanol–water partition coefficient (Wildman–Crippen LogP) is 4.82. The van der Waals surface area contributed by atoms with Crippen LogP contribution >= 0.6 is 0 Å². The van der Waals surface area contributed by atoms with Crippen LogP contribution in [0.1, 0.15) is 58.5 Å². The van der Waals surface area contributed by atoms with Crippen molar-refractivity contribution in [3.8, 4) is 0 Å². The van der Waals surface area contributed by atoms with Gasteiger partial charge in [-0.2, -0.15) is 0 Å². The minimum Gasteiger partial charge on any atom is -0.339 e. The first-order valence-electron chi connectivity index (χ1n) is 9.23. The van der Waals surface area contributed by atoms with Crippen LogP contribution in [0.4, 0.5) is 5.69 Å². The van der Waals surface area contributed by atoms with E-state index in [1.807, 2.05) is 30.9 Å². The molecule has 4 nitrogen and oxygen atoms in total. The Labute approximate surface area is 156 Å². The van der Waals surface area contributed by atoms with E-state index in [1.165, 1.54) is 0 Å². The third-order valence-corrected chi connectivity index (χ3v) is 4.15. The Morgan fingerprint density at radius 1 is 0.846 bits per heavy atom. The molecule has 0 heterocycles. The lowest BCUT2D eigenvalue weighted by atomic mass is 10.1. The second-order valence-corrected chi connectivity index (χ2v) is 6.70. The zero-order chi connectivity index (χ0) is 19.1. The van der Waals surface area contributed by atoms with E-state index in [4.69, 9.17) is 0 Å². The van der Waals surface area contributed by atoms with Crippen molar-refractivity contribution >= 4 is 17.5 Å². The van der Waals surface area contributed by atoms with Gasteiger partial charge in [-0.1, -0.05) is 19.9 Å². The van der Waals surface area contributed by atoms with Gasteiger partial charge in [-0.15, -0.1) is 0 Å². The molecule has 2 aromatic rings. The summed E-state index contributed by atoms with van der Waals surface area (Å²) in [6.07, 6.45) is 1.87. The molecule has 2 aromatic carbocycles. The summed E-state index contributed by atoms with van der Waals surface area (Å²) in [6, 6.07) is 12.8. The number of rotatable bonds is 7. The third-order valence-electron chi connectivity index (χ3n) is 4.15. The average Bonchev–Trinajstić information content (AvgIpc) is 2.60. The molecule has 1 N–H and O–H groups in total. The third kappa shape index (κ3) is 5.19. The molecule has 0 saturated carbocycles. The number of carbonyl (C=O) groups is 2. The van der Waals surface area contributed by atoms with Crippen molar-refractivity contribution in [3.05, 3.63) is 64.7 Å². The molecule has 138 valence electrons. The Hall–Kier alpha value is -2.62. The Morgan fingerprint density at radius 3 is 1.85 bits per heavy atom. The van der Waals surface area contributed by atoms with E-state index in [-0.39, 0.29) is 11.8 Å². The summed E-state index contributed by atoms with van der Waals surface area (Å²) in [5, 5.41) is 2.92. The van der Waals surface area contributed by atoms with E-state index < -0.39 is 0 Å². The largest absolute Gasteiger partial charge is 0.339 e. The highest BCUT2D eigenvalue weighted by atomic mass is 16.2. The number of nitrogens with one attached hydrogen (secondary N) is 1. The van der Waals surface area contributed by atoms with Crippen LogP contribution in [0.15, 0.2) is 42.5 Å². The minimum absolute atomic E-state index is 0.0231. The summed E-state index contributed by atoms with van der Waals surface area (Å²) < 4.78 is 0. The highest BCUT2D eigenvalue weighted by Crippen LogP contribution is 2.16. The molecule has 4 heteroatoms. The van der Waals surface area contributed by atoms with Gasteiger partial charge in [0, 0.05) is 29.9 Å². The van der Waals surface area contributed by atoms with Crippen LogP contribution in [0.25, 0.3) is 0 Å². The highest BCUT2D eigenvalue weighted by molar-refractivity contribution is 6.05. The molecule has 0 radical (unpaired) electrons. The summed E-state index contributed by atoms with van der Waals surface area (Å²) >= 11 is 0. The lowest BCUT2D eigenvalue weighted by molar-refractivity contribution is 0.0755. The fraction of sp³-hybridized carbons (Fsp3) is 0.364. The Balaban J connectivity index is 2.10. The van der Waals surface area contributed by atoms with Crippen molar-refractivity contribution < 1.29 is 9.59 Å². The summed E-state index contributed by atoms with van der Waals surface area (Å²) in [7, 11) is 0. The van der Waals surface area contributed by atoms with Crippen LogP contribution in [0, 0.1) is 13.8 Å². The molecule has 0 atom stereocenters. The number of nitrogens with zero attached hydrogens (tertiary/aromatic N) is 1. The molecule has 26 heavy (non-hydrogen) atoms. The zero-order valence-electron chi connectivity index (χ0n) is 16.1. The molecule has 0 unspecified atom stereocenters. The predicted molar refractivity (Wildman–Crippen MR) is 107 cm³/mol. The van der Waals surface area contributed by atoms with Gasteiger partial charge in [0.1, 0.15) is 0 Å². The first-order chi connectivity index (χ1) is 12.4. The summed E-state index contributed by atoms with van der Waals surface area (Å²) in [5.41, 5.74) is 4.15. The van der Waals surface area contributed by atoms with Crippen LogP contribution in [0.3, 0.4) is 0 Å². The molecule has 0 fully saturated rings. The maximum Gasteiger partial charge on any atom is 0.255 e. The minimum atomic E-state index is -0.173. The average molecular weight is 352 g/mol. The van der Waals surface area contributed by atoms with Crippen molar-refractivity contribution in [1.29, 1.82) is 0 Å². The second kappa shape index (κ2) is 9.18. The maximum absolute atomic E-state index is 12.6. The lowest BCUT2D eigenvalue weighted by Gasteiger charge is -2.21. The Kier molecular flexibility index (Phi) is 6.96. The lowest BCUT2D eigenvalue weighted by Crippen LogP contribution is -2.32. The van der Waals surface area contributed by atoms with Gasteiger partial charge in [-0.05, 0) is 74.2 Å². The zero-order valence-corrected chi connectivity index (χ0v) is 16.1. The van der Waals surface area contributed by atoms with E-state index in [1.54, 1.807) is 24.3 Å². The van der Waals surface area contributed by atoms with Gasteiger partial charge in [0.2, 0.25) is 0 Å². The number of anilines is 1. The van der Waals surface area contributed by atoms with Crippen LogP contribution in [0.2, 0.25) is 0 Å². The highest BCUT2D eigenvalue weighted by Gasteiger charge is 2.15. The van der Waals surface area contributed by atoms with Crippen LogP contribution in [-0.2, 0) is 0 Å². The van der Waals surface area contributed by atoms with Crippen molar-refractivity contribution in [2.45, 2.75) is 40.5 Å². The van der Waals surface area contributed by atoms with Gasteiger partial charge in [-0.3, -0.25) is 9.59 Å². The molecular formula is C22H28N2O2. The van der Waals surface area contributed by atoms with Crippen molar-refractivity contribution in [3.63, 3.8) is 0 Å². The molecule has 0 aliphatic carbocycles. The van der Waals surface area contributed by atoms with Gasteiger partial charge in [0.25, 0.3) is 11.8 Å². The van der Waals surface area contributed by atoms with Crippen LogP contribution in [0.5, 0.6) is 0 Å². The number of benzene rings is 2. The SMILES string of the molecule is CCCN(CCC)C(=O)c1ccc(C(=O)Nc2cc(C)cc(C)c2)cc1. The Bertz CT molecular complexity index is 740. The van der Waals surface area contributed by atoms with Gasteiger partial charge >= 0.3 is 0 Å². The van der Waals surface area contributed by atoms with Crippen LogP contribution in [-0.4, -0.2) is 29.8 Å². The fourth-order valence-corrected chi connectivity index (χ4v) is 3.05. The fourth-order valence-electron chi connectivity index (χ4n) is 3.05. The van der Waals surface area contributed by atoms with E-state index >= 15 is 0 Å². The van der Waals surface area contributed by atoms with Crippen molar-refractivity contribution in [2.24, 2.45) is 0 Å². The number of hydrogen-bond donors (Lipinski definition) is 1. The van der Waals surface area contributed by atoms with E-state index in [0.717, 1.165) is 42.7 Å². The summed E-state index contributed by atoms with van der Waals surface area (Å²) in [4.78, 5) is 26.9. The van der Waals surface area contributed by atoms with Gasteiger partial charge in [0.05, 0.1) is 0 Å². The first kappa shape index (κ1) is 19.7. The Morgan fingerprint density at radius 2 is 1.35 bits per heavy atom. The smallest absolute Gasteiger partial charge is 0.255 e. The van der Waals surface area contributed by atoms with Crippen molar-refractivity contribution in [2.75, 3.05) is 18.4 Å². The van der Waals surface area contributed by atoms with Gasteiger partial charge in [0.15, 0.2) is 0 Å². The summed E-state index contributed by atoms with van der Waals surface area (Å²) in [6.45, 7) is 9.64. The molecule has 2 rings (SSSR count). The maximum atomic E-state index is 12.6. The molecule has 2 amide bonds. The van der Waals surface area contributed by atoms with Crippen molar-refractivity contribution in [1.82, 2.24) is 4.90 Å². The molecule has 0 aromatic heterocycles. The second-order valence-electron chi connectivity index (χ2n) is 6.70. The molecule has 0 spiro atoms. The molecule has 0 bridgehead atoms. The number of carbonyl (C=O) groups excluding carboxylic acids is 2. The number of aryl methyl sites for hydroxylation is 2. The monoisotopic (exact) mass is 352 g/mol. The number of amides is 2.